The molecule has 2 aliphatic rings. The monoisotopic (exact) mass is 373 g/mol. The Morgan fingerprint density at radius 2 is 1.76 bits per heavy atom. The molecule has 1 aromatic carbocycles. The Morgan fingerprint density at radius 1 is 1.14 bits per heavy atom. The number of ether oxygens (including phenoxy) is 1. The van der Waals surface area contributed by atoms with Gasteiger partial charge in [0.05, 0.1) is 7.11 Å². The lowest BCUT2D eigenvalue weighted by Crippen LogP contribution is -2.40. The van der Waals surface area contributed by atoms with Crippen LogP contribution < -0.4 is 4.74 Å². The fourth-order valence-corrected chi connectivity index (χ4v) is 5.77. The number of hydrogen-bond acceptors (Lipinski definition) is 3. The fraction of sp³-hybridized carbons (Fsp3) is 0.600. The Bertz CT molecular complexity index is 622. The molecule has 6 heteroatoms. The summed E-state index contributed by atoms with van der Waals surface area (Å²) < 4.78 is 34.1. The zero-order valence-corrected chi connectivity index (χ0v) is 14.5. The van der Waals surface area contributed by atoms with E-state index in [4.69, 9.17) is 4.74 Å². The molecule has 2 fully saturated rings. The van der Waals surface area contributed by atoms with Gasteiger partial charge in [-0.15, -0.1) is 0 Å². The Balaban J connectivity index is 2.03. The molecule has 0 radical (unpaired) electrons. The van der Waals surface area contributed by atoms with Crippen molar-refractivity contribution in [3.8, 4) is 5.75 Å². The van der Waals surface area contributed by atoms with E-state index in [2.05, 4.69) is 15.9 Å². The number of methoxy groups -OCH3 is 1. The van der Waals surface area contributed by atoms with Gasteiger partial charge in [0, 0.05) is 16.6 Å². The van der Waals surface area contributed by atoms with Crippen LogP contribution in [-0.2, 0) is 10.0 Å². The first kappa shape index (κ1) is 15.3. The summed E-state index contributed by atoms with van der Waals surface area (Å²) in [5, 5.41) is 0. The van der Waals surface area contributed by atoms with Gasteiger partial charge in [0.15, 0.2) is 0 Å². The third-order valence-electron chi connectivity index (χ3n) is 4.27. The molecule has 0 spiro atoms. The highest BCUT2D eigenvalue weighted by molar-refractivity contribution is 9.10. The number of benzene rings is 1. The molecule has 116 valence electrons. The summed E-state index contributed by atoms with van der Waals surface area (Å²) in [4.78, 5) is 0.276. The first-order chi connectivity index (χ1) is 10.0. The molecule has 0 heterocycles. The van der Waals surface area contributed by atoms with Gasteiger partial charge in [0.1, 0.15) is 10.6 Å². The summed E-state index contributed by atoms with van der Waals surface area (Å²) in [5.74, 6) is 0.418. The molecular weight excluding hydrogens is 354 g/mol. The lowest BCUT2D eigenvalue weighted by molar-refractivity contribution is 0.312. The normalized spacial score (nSPS) is 20.1. The first-order valence-electron chi connectivity index (χ1n) is 7.41. The van der Waals surface area contributed by atoms with Crippen molar-refractivity contribution in [3.05, 3.63) is 22.7 Å². The Labute approximate surface area is 134 Å². The van der Waals surface area contributed by atoms with Gasteiger partial charge < -0.3 is 4.74 Å². The standard InChI is InChI=1S/C15H20BrNO3S/c1-20-14-9-6-11(16)10-15(14)21(18,19)17(13-7-8-13)12-4-2-3-5-12/h6,9-10,12-13H,2-5,7-8H2,1H3. The molecule has 0 amide bonds. The van der Waals surface area contributed by atoms with Crippen LogP contribution in [0.5, 0.6) is 5.75 Å². The second-order valence-corrected chi connectivity index (χ2v) is 8.53. The van der Waals surface area contributed by atoms with Crippen LogP contribution in [0.4, 0.5) is 0 Å². The van der Waals surface area contributed by atoms with Crippen LogP contribution in [0.1, 0.15) is 38.5 Å². The van der Waals surface area contributed by atoms with Crippen LogP contribution in [0.3, 0.4) is 0 Å². The van der Waals surface area contributed by atoms with Gasteiger partial charge in [-0.05, 0) is 43.9 Å². The topological polar surface area (TPSA) is 46.6 Å². The maximum Gasteiger partial charge on any atom is 0.247 e. The zero-order valence-electron chi connectivity index (χ0n) is 12.1. The van der Waals surface area contributed by atoms with Gasteiger partial charge in [-0.3, -0.25) is 0 Å². The van der Waals surface area contributed by atoms with E-state index < -0.39 is 10.0 Å². The van der Waals surface area contributed by atoms with E-state index in [9.17, 15) is 8.42 Å². The van der Waals surface area contributed by atoms with Crippen LogP contribution in [0.2, 0.25) is 0 Å². The van der Waals surface area contributed by atoms with Crippen LogP contribution in [-0.4, -0.2) is 31.9 Å². The summed E-state index contributed by atoms with van der Waals surface area (Å²) >= 11 is 3.36. The highest BCUT2D eigenvalue weighted by Gasteiger charge is 2.44. The fourth-order valence-electron chi connectivity index (χ4n) is 3.14. The van der Waals surface area contributed by atoms with E-state index in [0.29, 0.717) is 5.75 Å². The predicted octanol–water partition coefficient (Wildman–Crippen LogP) is 3.55. The number of hydrogen-bond donors (Lipinski definition) is 0. The maximum absolute atomic E-state index is 13.2. The van der Waals surface area contributed by atoms with Crippen molar-refractivity contribution >= 4 is 26.0 Å². The van der Waals surface area contributed by atoms with E-state index in [0.717, 1.165) is 43.0 Å². The van der Waals surface area contributed by atoms with Crippen LogP contribution in [0, 0.1) is 0 Å². The molecule has 0 atom stereocenters. The molecule has 0 saturated heterocycles. The molecule has 0 N–H and O–H groups in total. The van der Waals surface area contributed by atoms with Crippen molar-refractivity contribution in [2.24, 2.45) is 0 Å². The molecule has 0 aromatic heterocycles. The summed E-state index contributed by atoms with van der Waals surface area (Å²) in [7, 11) is -1.99. The molecule has 4 nitrogen and oxygen atoms in total. The van der Waals surface area contributed by atoms with Gasteiger partial charge in [0.2, 0.25) is 10.0 Å². The van der Waals surface area contributed by atoms with Gasteiger partial charge in [0.25, 0.3) is 0 Å². The highest BCUT2D eigenvalue weighted by atomic mass is 79.9. The summed E-state index contributed by atoms with van der Waals surface area (Å²) in [6, 6.07) is 5.50. The summed E-state index contributed by atoms with van der Waals surface area (Å²) in [6.07, 6.45) is 6.16. The van der Waals surface area contributed by atoms with Crippen molar-refractivity contribution in [2.45, 2.75) is 55.5 Å². The lowest BCUT2D eigenvalue weighted by atomic mass is 10.2. The minimum Gasteiger partial charge on any atom is -0.495 e. The second-order valence-electron chi connectivity index (χ2n) is 5.80. The third-order valence-corrected chi connectivity index (χ3v) is 6.79. The smallest absolute Gasteiger partial charge is 0.247 e. The summed E-state index contributed by atoms with van der Waals surface area (Å²) in [5.41, 5.74) is 0. The number of halogens is 1. The van der Waals surface area contributed by atoms with Crippen molar-refractivity contribution in [3.63, 3.8) is 0 Å². The van der Waals surface area contributed by atoms with Crippen LogP contribution >= 0.6 is 15.9 Å². The van der Waals surface area contributed by atoms with Gasteiger partial charge >= 0.3 is 0 Å². The molecule has 0 aliphatic heterocycles. The van der Waals surface area contributed by atoms with E-state index in [1.165, 1.54) is 7.11 Å². The molecular formula is C15H20BrNO3S. The molecule has 3 rings (SSSR count). The Hall–Kier alpha value is -0.590. The van der Waals surface area contributed by atoms with Crippen molar-refractivity contribution in [2.75, 3.05) is 7.11 Å². The van der Waals surface area contributed by atoms with Gasteiger partial charge in [-0.1, -0.05) is 28.8 Å². The SMILES string of the molecule is COc1ccc(Br)cc1S(=O)(=O)N(C1CCCC1)C1CC1. The highest BCUT2D eigenvalue weighted by Crippen LogP contribution is 2.41. The Kier molecular flexibility index (Phi) is 4.30. The molecule has 0 unspecified atom stereocenters. The molecule has 2 aliphatic carbocycles. The predicted molar refractivity (Wildman–Crippen MR) is 85.0 cm³/mol. The van der Waals surface area contributed by atoms with Crippen LogP contribution in [0.25, 0.3) is 0 Å². The van der Waals surface area contributed by atoms with Crippen molar-refractivity contribution in [1.29, 1.82) is 0 Å². The average Bonchev–Trinajstić information content (AvgIpc) is 3.13. The number of sulfonamides is 1. The second kappa shape index (κ2) is 5.89. The molecule has 21 heavy (non-hydrogen) atoms. The lowest BCUT2D eigenvalue weighted by Gasteiger charge is -2.28. The van der Waals surface area contributed by atoms with E-state index >= 15 is 0 Å². The molecule has 0 bridgehead atoms. The van der Waals surface area contributed by atoms with Gasteiger partial charge in [-0.25, -0.2) is 8.42 Å². The number of rotatable bonds is 5. The average molecular weight is 374 g/mol. The van der Waals surface area contributed by atoms with E-state index in [1.54, 1.807) is 22.5 Å². The van der Waals surface area contributed by atoms with Gasteiger partial charge in [-0.2, -0.15) is 4.31 Å². The number of nitrogens with zero attached hydrogens (tertiary/aromatic N) is 1. The maximum atomic E-state index is 13.2. The minimum absolute atomic E-state index is 0.159. The zero-order chi connectivity index (χ0) is 15.0. The third kappa shape index (κ3) is 2.98. The van der Waals surface area contributed by atoms with Crippen molar-refractivity contribution in [1.82, 2.24) is 4.31 Å². The van der Waals surface area contributed by atoms with E-state index in [-0.39, 0.29) is 17.0 Å². The molecule has 1 aromatic rings. The Morgan fingerprint density at radius 3 is 2.33 bits per heavy atom. The molecule has 2 saturated carbocycles. The first-order valence-corrected chi connectivity index (χ1v) is 9.64. The summed E-state index contributed by atoms with van der Waals surface area (Å²) in [6.45, 7) is 0. The largest absolute Gasteiger partial charge is 0.495 e. The van der Waals surface area contributed by atoms with Crippen molar-refractivity contribution < 1.29 is 13.2 Å². The van der Waals surface area contributed by atoms with E-state index in [1.807, 2.05) is 0 Å². The minimum atomic E-state index is -3.51. The quantitative estimate of drug-likeness (QED) is 0.792. The van der Waals surface area contributed by atoms with Crippen LogP contribution in [0.15, 0.2) is 27.6 Å².